The van der Waals surface area contributed by atoms with E-state index < -0.39 is 0 Å². The Kier molecular flexibility index (Phi) is 3.87. The van der Waals surface area contributed by atoms with E-state index in [2.05, 4.69) is 55.6 Å². The fourth-order valence-electron chi connectivity index (χ4n) is 2.59. The number of benzene rings is 2. The van der Waals surface area contributed by atoms with Crippen molar-refractivity contribution in [3.05, 3.63) is 60.2 Å². The summed E-state index contributed by atoms with van der Waals surface area (Å²) in [4.78, 5) is 4.82. The van der Waals surface area contributed by atoms with Crippen molar-refractivity contribution < 1.29 is 0 Å². The van der Waals surface area contributed by atoms with Gasteiger partial charge in [-0.15, -0.1) is 0 Å². The van der Waals surface area contributed by atoms with Crippen molar-refractivity contribution in [1.29, 1.82) is 0 Å². The largest absolute Gasteiger partial charge is 0.385 e. The van der Waals surface area contributed by atoms with Gasteiger partial charge in [0, 0.05) is 23.2 Å². The Morgan fingerprint density at radius 2 is 1.76 bits per heavy atom. The summed E-state index contributed by atoms with van der Waals surface area (Å²) in [5.74, 6) is 0. The van der Waals surface area contributed by atoms with Gasteiger partial charge in [-0.1, -0.05) is 43.3 Å². The average molecular weight is 276 g/mol. The van der Waals surface area contributed by atoms with E-state index in [9.17, 15) is 0 Å². The third-order valence-electron chi connectivity index (χ3n) is 3.72. The molecule has 2 heteroatoms. The van der Waals surface area contributed by atoms with Crippen molar-refractivity contribution in [1.82, 2.24) is 4.98 Å². The summed E-state index contributed by atoms with van der Waals surface area (Å²) >= 11 is 0. The van der Waals surface area contributed by atoms with E-state index in [1.807, 2.05) is 18.2 Å². The summed E-state index contributed by atoms with van der Waals surface area (Å²) in [5, 5.41) is 4.68. The van der Waals surface area contributed by atoms with Crippen LogP contribution in [0.2, 0.25) is 0 Å². The molecule has 0 aliphatic rings. The van der Waals surface area contributed by atoms with Crippen molar-refractivity contribution in [3.8, 4) is 11.3 Å². The highest BCUT2D eigenvalue weighted by molar-refractivity contribution is 5.94. The molecule has 1 heterocycles. The minimum Gasteiger partial charge on any atom is -0.385 e. The maximum Gasteiger partial charge on any atom is 0.0730 e. The van der Waals surface area contributed by atoms with Crippen molar-refractivity contribution in [2.24, 2.45) is 0 Å². The van der Waals surface area contributed by atoms with Crippen LogP contribution >= 0.6 is 0 Å². The van der Waals surface area contributed by atoms with Gasteiger partial charge < -0.3 is 5.32 Å². The van der Waals surface area contributed by atoms with Crippen LogP contribution < -0.4 is 5.32 Å². The third-order valence-corrected chi connectivity index (χ3v) is 3.72. The fourth-order valence-corrected chi connectivity index (χ4v) is 2.59. The van der Waals surface area contributed by atoms with Crippen LogP contribution in [0.1, 0.15) is 19.4 Å². The zero-order valence-corrected chi connectivity index (χ0v) is 12.6. The number of nitrogens with one attached hydrogen (secondary N) is 1. The Morgan fingerprint density at radius 3 is 2.48 bits per heavy atom. The standard InChI is InChI=1S/C19H20N2/c1-3-14-10-11-17-16(12-14)19(20-4-2)13-18(21-17)15-8-6-5-7-9-15/h5-13H,3-4H2,1-2H3,(H,20,21). The van der Waals surface area contributed by atoms with E-state index in [0.29, 0.717) is 0 Å². The SMILES string of the molecule is CCNc1cc(-c2ccccc2)nc2ccc(CC)cc12. The molecule has 2 nitrogen and oxygen atoms in total. The smallest absolute Gasteiger partial charge is 0.0730 e. The number of aryl methyl sites for hydroxylation is 1. The summed E-state index contributed by atoms with van der Waals surface area (Å²) in [6.07, 6.45) is 1.04. The molecule has 21 heavy (non-hydrogen) atoms. The highest BCUT2D eigenvalue weighted by atomic mass is 14.9. The lowest BCUT2D eigenvalue weighted by Gasteiger charge is -2.12. The minimum absolute atomic E-state index is 0.906. The summed E-state index contributed by atoms with van der Waals surface area (Å²) in [6, 6.07) is 19.0. The van der Waals surface area contributed by atoms with Crippen molar-refractivity contribution in [3.63, 3.8) is 0 Å². The van der Waals surface area contributed by atoms with E-state index in [-0.39, 0.29) is 0 Å². The van der Waals surface area contributed by atoms with Gasteiger partial charge in [-0.25, -0.2) is 4.98 Å². The Labute approximate surface area is 125 Å². The van der Waals surface area contributed by atoms with Gasteiger partial charge in [0.05, 0.1) is 11.2 Å². The molecule has 0 unspecified atom stereocenters. The maximum atomic E-state index is 4.82. The number of nitrogens with zero attached hydrogens (tertiary/aromatic N) is 1. The van der Waals surface area contributed by atoms with Crippen LogP contribution in [0.3, 0.4) is 0 Å². The van der Waals surface area contributed by atoms with E-state index >= 15 is 0 Å². The molecule has 0 atom stereocenters. The van der Waals surface area contributed by atoms with E-state index in [0.717, 1.165) is 35.4 Å². The number of fused-ring (bicyclic) bond motifs is 1. The molecule has 0 saturated carbocycles. The van der Waals surface area contributed by atoms with Crippen LogP contribution in [0.5, 0.6) is 0 Å². The molecule has 3 aromatic rings. The van der Waals surface area contributed by atoms with Crippen LogP contribution in [0.25, 0.3) is 22.2 Å². The molecule has 2 aromatic carbocycles. The Balaban J connectivity index is 2.21. The number of hydrogen-bond acceptors (Lipinski definition) is 2. The second-order valence-electron chi connectivity index (χ2n) is 5.16. The molecule has 0 amide bonds. The van der Waals surface area contributed by atoms with Gasteiger partial charge in [0.15, 0.2) is 0 Å². The second kappa shape index (κ2) is 5.96. The normalized spacial score (nSPS) is 10.8. The molecule has 0 bridgehead atoms. The molecule has 106 valence electrons. The van der Waals surface area contributed by atoms with Crippen LogP contribution in [0.4, 0.5) is 5.69 Å². The Bertz CT molecular complexity index is 748. The van der Waals surface area contributed by atoms with Crippen molar-refractivity contribution in [2.75, 3.05) is 11.9 Å². The molecule has 3 rings (SSSR count). The molecular formula is C19H20N2. The van der Waals surface area contributed by atoms with Crippen LogP contribution in [0.15, 0.2) is 54.6 Å². The topological polar surface area (TPSA) is 24.9 Å². The van der Waals surface area contributed by atoms with Crippen LogP contribution in [-0.2, 0) is 6.42 Å². The highest BCUT2D eigenvalue weighted by Crippen LogP contribution is 2.29. The number of hydrogen-bond donors (Lipinski definition) is 1. The van der Waals surface area contributed by atoms with Crippen molar-refractivity contribution in [2.45, 2.75) is 20.3 Å². The predicted octanol–water partition coefficient (Wildman–Crippen LogP) is 4.90. The van der Waals surface area contributed by atoms with Crippen molar-refractivity contribution >= 4 is 16.6 Å². The van der Waals surface area contributed by atoms with Gasteiger partial charge in [-0.05, 0) is 37.1 Å². The van der Waals surface area contributed by atoms with E-state index in [1.165, 1.54) is 10.9 Å². The third kappa shape index (κ3) is 2.75. The quantitative estimate of drug-likeness (QED) is 0.733. The zero-order valence-electron chi connectivity index (χ0n) is 12.6. The van der Waals surface area contributed by atoms with Gasteiger partial charge in [0.2, 0.25) is 0 Å². The summed E-state index contributed by atoms with van der Waals surface area (Å²) in [6.45, 7) is 5.21. The van der Waals surface area contributed by atoms with Crippen LogP contribution in [-0.4, -0.2) is 11.5 Å². The van der Waals surface area contributed by atoms with Crippen LogP contribution in [0, 0.1) is 0 Å². The lowest BCUT2D eigenvalue weighted by Crippen LogP contribution is -1.99. The lowest BCUT2D eigenvalue weighted by molar-refractivity contribution is 1.14. The first-order chi connectivity index (χ1) is 10.3. The highest BCUT2D eigenvalue weighted by Gasteiger charge is 2.07. The molecule has 0 radical (unpaired) electrons. The number of aromatic nitrogens is 1. The summed E-state index contributed by atoms with van der Waals surface area (Å²) in [5.41, 5.74) is 5.72. The minimum atomic E-state index is 0.906. The molecule has 0 saturated heterocycles. The molecule has 1 N–H and O–H groups in total. The summed E-state index contributed by atoms with van der Waals surface area (Å²) < 4.78 is 0. The Hall–Kier alpha value is -2.35. The monoisotopic (exact) mass is 276 g/mol. The van der Waals surface area contributed by atoms with Gasteiger partial charge in [-0.3, -0.25) is 0 Å². The zero-order chi connectivity index (χ0) is 14.7. The first-order valence-electron chi connectivity index (χ1n) is 7.54. The predicted molar refractivity (Wildman–Crippen MR) is 90.7 cm³/mol. The Morgan fingerprint density at radius 1 is 0.952 bits per heavy atom. The first kappa shape index (κ1) is 13.6. The molecule has 0 aliphatic carbocycles. The average Bonchev–Trinajstić information content (AvgIpc) is 2.55. The molecule has 1 aromatic heterocycles. The van der Waals surface area contributed by atoms with Gasteiger partial charge in [0.1, 0.15) is 0 Å². The number of pyridine rings is 1. The second-order valence-corrected chi connectivity index (χ2v) is 5.16. The molecule has 0 spiro atoms. The van der Waals surface area contributed by atoms with E-state index in [1.54, 1.807) is 0 Å². The first-order valence-corrected chi connectivity index (χ1v) is 7.54. The van der Waals surface area contributed by atoms with E-state index in [4.69, 9.17) is 4.98 Å². The fraction of sp³-hybridized carbons (Fsp3) is 0.211. The summed E-state index contributed by atoms with van der Waals surface area (Å²) in [7, 11) is 0. The molecule has 0 fully saturated rings. The van der Waals surface area contributed by atoms with Gasteiger partial charge in [-0.2, -0.15) is 0 Å². The molecular weight excluding hydrogens is 256 g/mol. The maximum absolute atomic E-state index is 4.82. The number of anilines is 1. The lowest BCUT2D eigenvalue weighted by atomic mass is 10.0. The van der Waals surface area contributed by atoms with Gasteiger partial charge in [0.25, 0.3) is 0 Å². The van der Waals surface area contributed by atoms with Gasteiger partial charge >= 0.3 is 0 Å². The number of rotatable bonds is 4. The molecule has 0 aliphatic heterocycles.